The van der Waals surface area contributed by atoms with Crippen LogP contribution in [0, 0.1) is 0 Å². The van der Waals surface area contributed by atoms with Gasteiger partial charge in [-0.05, 0) is 42.0 Å². The average molecular weight is 336 g/mol. The van der Waals surface area contributed by atoms with Crippen LogP contribution in [0.5, 0.6) is 0 Å². The van der Waals surface area contributed by atoms with Gasteiger partial charge in [-0.1, -0.05) is 12.1 Å². The van der Waals surface area contributed by atoms with Gasteiger partial charge in [-0.3, -0.25) is 9.59 Å². The average Bonchev–Trinajstić information content (AvgIpc) is 2.53. The first kappa shape index (κ1) is 17.5. The summed E-state index contributed by atoms with van der Waals surface area (Å²) < 4.78 is 37.5. The lowest BCUT2D eigenvalue weighted by Gasteiger charge is -2.09. The molecule has 24 heavy (non-hydrogen) atoms. The van der Waals surface area contributed by atoms with Crippen molar-refractivity contribution in [2.75, 3.05) is 5.32 Å². The molecule has 2 rings (SSSR count). The number of amides is 2. The standard InChI is InChI=1S/C17H15F3N2O2/c1-11(23)21-10-12-2-4-13(5-3-12)16(24)22-15-8-6-14(7-9-15)17(18,19)20/h2-9H,10H2,1H3,(H,21,23)(H,22,24). The van der Waals surface area contributed by atoms with Crippen molar-refractivity contribution in [3.05, 3.63) is 65.2 Å². The van der Waals surface area contributed by atoms with Gasteiger partial charge in [-0.25, -0.2) is 0 Å². The Balaban J connectivity index is 2.00. The first-order valence-corrected chi connectivity index (χ1v) is 7.08. The van der Waals surface area contributed by atoms with Crippen molar-refractivity contribution in [1.29, 1.82) is 0 Å². The van der Waals surface area contributed by atoms with Crippen LogP contribution in [-0.4, -0.2) is 11.8 Å². The molecule has 126 valence electrons. The zero-order chi connectivity index (χ0) is 17.7. The molecule has 2 aromatic rings. The maximum absolute atomic E-state index is 12.5. The third kappa shape index (κ3) is 4.84. The van der Waals surface area contributed by atoms with Gasteiger partial charge in [0.05, 0.1) is 5.56 Å². The minimum atomic E-state index is -4.41. The molecule has 0 saturated heterocycles. The molecule has 2 amide bonds. The second-order valence-electron chi connectivity index (χ2n) is 5.14. The number of nitrogens with one attached hydrogen (secondary N) is 2. The molecule has 4 nitrogen and oxygen atoms in total. The molecular weight excluding hydrogens is 321 g/mol. The van der Waals surface area contributed by atoms with E-state index in [1.165, 1.54) is 19.1 Å². The Hall–Kier alpha value is -2.83. The molecule has 2 N–H and O–H groups in total. The molecule has 0 aromatic heterocycles. The molecule has 0 aliphatic rings. The Kier molecular flexibility index (Phi) is 5.23. The van der Waals surface area contributed by atoms with E-state index >= 15 is 0 Å². The van der Waals surface area contributed by atoms with E-state index in [-0.39, 0.29) is 11.6 Å². The van der Waals surface area contributed by atoms with Gasteiger partial charge in [0.25, 0.3) is 5.91 Å². The summed E-state index contributed by atoms with van der Waals surface area (Å²) in [5, 5.41) is 5.17. The first-order valence-electron chi connectivity index (χ1n) is 7.08. The quantitative estimate of drug-likeness (QED) is 0.896. The second-order valence-corrected chi connectivity index (χ2v) is 5.14. The molecule has 0 aliphatic carbocycles. The Morgan fingerprint density at radius 3 is 2.04 bits per heavy atom. The predicted molar refractivity (Wildman–Crippen MR) is 83.4 cm³/mol. The van der Waals surface area contributed by atoms with Gasteiger partial charge in [-0.2, -0.15) is 13.2 Å². The lowest BCUT2D eigenvalue weighted by molar-refractivity contribution is -0.137. The summed E-state index contributed by atoms with van der Waals surface area (Å²) >= 11 is 0. The van der Waals surface area contributed by atoms with E-state index in [2.05, 4.69) is 10.6 Å². The molecule has 2 aromatic carbocycles. The molecule has 0 fully saturated rings. The number of rotatable bonds is 4. The van der Waals surface area contributed by atoms with E-state index in [4.69, 9.17) is 0 Å². The van der Waals surface area contributed by atoms with Crippen molar-refractivity contribution >= 4 is 17.5 Å². The fourth-order valence-corrected chi connectivity index (χ4v) is 1.95. The number of halogens is 3. The number of benzene rings is 2. The minimum Gasteiger partial charge on any atom is -0.352 e. The van der Waals surface area contributed by atoms with Crippen LogP contribution >= 0.6 is 0 Å². The smallest absolute Gasteiger partial charge is 0.352 e. The molecule has 0 atom stereocenters. The van der Waals surface area contributed by atoms with Crippen LogP contribution in [0.1, 0.15) is 28.4 Å². The van der Waals surface area contributed by atoms with Gasteiger partial charge in [-0.15, -0.1) is 0 Å². The Morgan fingerprint density at radius 1 is 0.958 bits per heavy atom. The van der Waals surface area contributed by atoms with Crippen molar-refractivity contribution in [2.24, 2.45) is 0 Å². The Bertz CT molecular complexity index is 723. The SMILES string of the molecule is CC(=O)NCc1ccc(C(=O)Nc2ccc(C(F)(F)F)cc2)cc1. The van der Waals surface area contributed by atoms with Gasteiger partial charge < -0.3 is 10.6 Å². The number of carbonyl (C=O) groups is 2. The fourth-order valence-electron chi connectivity index (χ4n) is 1.95. The van der Waals surface area contributed by atoms with Crippen LogP contribution in [0.4, 0.5) is 18.9 Å². The van der Waals surface area contributed by atoms with Crippen LogP contribution in [0.15, 0.2) is 48.5 Å². The van der Waals surface area contributed by atoms with E-state index in [0.717, 1.165) is 17.7 Å². The van der Waals surface area contributed by atoms with Crippen molar-refractivity contribution < 1.29 is 22.8 Å². The number of carbonyl (C=O) groups excluding carboxylic acids is 2. The summed E-state index contributed by atoms with van der Waals surface area (Å²) in [6.07, 6.45) is -4.41. The molecule has 0 heterocycles. The summed E-state index contributed by atoms with van der Waals surface area (Å²) in [5.41, 5.74) is 0.691. The summed E-state index contributed by atoms with van der Waals surface area (Å²) in [6, 6.07) is 10.8. The summed E-state index contributed by atoms with van der Waals surface area (Å²) in [5.74, 6) is -0.583. The largest absolute Gasteiger partial charge is 0.416 e. The van der Waals surface area contributed by atoms with Crippen LogP contribution in [0.25, 0.3) is 0 Å². The lowest BCUT2D eigenvalue weighted by Crippen LogP contribution is -2.19. The normalized spacial score (nSPS) is 11.0. The molecule has 0 aliphatic heterocycles. The summed E-state index contributed by atoms with van der Waals surface area (Å²) in [4.78, 5) is 22.9. The molecule has 0 radical (unpaired) electrons. The second kappa shape index (κ2) is 7.16. The van der Waals surface area contributed by atoms with Crippen molar-refractivity contribution in [2.45, 2.75) is 19.6 Å². The van der Waals surface area contributed by atoms with Crippen LogP contribution in [0.2, 0.25) is 0 Å². The fraction of sp³-hybridized carbons (Fsp3) is 0.176. The Morgan fingerprint density at radius 2 is 1.54 bits per heavy atom. The van der Waals surface area contributed by atoms with Gasteiger partial charge in [0.1, 0.15) is 0 Å². The highest BCUT2D eigenvalue weighted by Gasteiger charge is 2.29. The monoisotopic (exact) mass is 336 g/mol. The van der Waals surface area contributed by atoms with Crippen molar-refractivity contribution in [3.8, 4) is 0 Å². The molecule has 0 unspecified atom stereocenters. The number of alkyl halides is 3. The van der Waals surface area contributed by atoms with Crippen LogP contribution < -0.4 is 10.6 Å². The maximum Gasteiger partial charge on any atom is 0.416 e. The third-order valence-electron chi connectivity index (χ3n) is 3.23. The highest BCUT2D eigenvalue weighted by atomic mass is 19.4. The van der Waals surface area contributed by atoms with Gasteiger partial charge in [0, 0.05) is 24.7 Å². The van der Waals surface area contributed by atoms with Crippen LogP contribution in [-0.2, 0) is 17.5 Å². The maximum atomic E-state index is 12.5. The predicted octanol–water partition coefficient (Wildman–Crippen LogP) is 3.59. The highest BCUT2D eigenvalue weighted by molar-refractivity contribution is 6.04. The van der Waals surface area contributed by atoms with Gasteiger partial charge in [0.15, 0.2) is 0 Å². The highest BCUT2D eigenvalue weighted by Crippen LogP contribution is 2.29. The van der Waals surface area contributed by atoms with Gasteiger partial charge in [0.2, 0.25) is 5.91 Å². The van der Waals surface area contributed by atoms with Crippen molar-refractivity contribution in [3.63, 3.8) is 0 Å². The van der Waals surface area contributed by atoms with E-state index in [1.54, 1.807) is 24.3 Å². The van der Waals surface area contributed by atoms with E-state index in [0.29, 0.717) is 12.1 Å². The number of hydrogen-bond acceptors (Lipinski definition) is 2. The summed E-state index contributed by atoms with van der Waals surface area (Å²) in [7, 11) is 0. The zero-order valence-corrected chi connectivity index (χ0v) is 12.8. The molecule has 7 heteroatoms. The molecule has 0 saturated carbocycles. The third-order valence-corrected chi connectivity index (χ3v) is 3.23. The van der Waals surface area contributed by atoms with Gasteiger partial charge >= 0.3 is 6.18 Å². The number of hydrogen-bond donors (Lipinski definition) is 2. The van der Waals surface area contributed by atoms with E-state index in [1.807, 2.05) is 0 Å². The van der Waals surface area contributed by atoms with Crippen molar-refractivity contribution in [1.82, 2.24) is 5.32 Å². The molecular formula is C17H15F3N2O2. The minimum absolute atomic E-state index is 0.154. The lowest BCUT2D eigenvalue weighted by atomic mass is 10.1. The van der Waals surface area contributed by atoms with E-state index < -0.39 is 17.6 Å². The number of anilines is 1. The van der Waals surface area contributed by atoms with Crippen LogP contribution in [0.3, 0.4) is 0 Å². The Labute approximate surface area is 136 Å². The molecule has 0 bridgehead atoms. The molecule has 0 spiro atoms. The topological polar surface area (TPSA) is 58.2 Å². The first-order chi connectivity index (χ1) is 11.3. The van der Waals surface area contributed by atoms with E-state index in [9.17, 15) is 22.8 Å². The summed E-state index contributed by atoms with van der Waals surface area (Å²) in [6.45, 7) is 1.77. The zero-order valence-electron chi connectivity index (χ0n) is 12.8.